The van der Waals surface area contributed by atoms with E-state index in [-0.39, 0.29) is 25.0 Å². The highest BCUT2D eigenvalue weighted by Crippen LogP contribution is 2.42. The summed E-state index contributed by atoms with van der Waals surface area (Å²) in [4.78, 5) is 61.9. The van der Waals surface area contributed by atoms with Crippen LogP contribution in [-0.2, 0) is 14.3 Å². The van der Waals surface area contributed by atoms with Gasteiger partial charge in [-0.25, -0.2) is 14.4 Å². The number of carbonyl (C=O) groups is 4. The van der Waals surface area contributed by atoms with Gasteiger partial charge in [0.2, 0.25) is 0 Å². The van der Waals surface area contributed by atoms with Gasteiger partial charge in [-0.1, -0.05) is 6.07 Å². The minimum absolute atomic E-state index is 0.0827. The van der Waals surface area contributed by atoms with Crippen LogP contribution in [0.4, 0.5) is 14.6 Å². The molecule has 0 radical (unpaired) electrons. The number of carboxylic acid groups (broad SMARTS) is 1. The molecule has 232 valence electrons. The van der Waals surface area contributed by atoms with Crippen LogP contribution in [0.2, 0.25) is 0 Å². The van der Waals surface area contributed by atoms with E-state index in [2.05, 4.69) is 15.2 Å². The highest BCUT2D eigenvalue weighted by Gasteiger charge is 2.60. The molecule has 1 unspecified atom stereocenters. The van der Waals surface area contributed by atoms with Crippen molar-refractivity contribution in [2.24, 2.45) is 0 Å². The van der Waals surface area contributed by atoms with E-state index in [1.807, 2.05) is 18.2 Å². The van der Waals surface area contributed by atoms with Gasteiger partial charge in [0.15, 0.2) is 5.54 Å². The third-order valence-electron chi connectivity index (χ3n) is 8.05. The highest BCUT2D eigenvalue weighted by molar-refractivity contribution is 7.20. The predicted octanol–water partition coefficient (Wildman–Crippen LogP) is 4.52. The van der Waals surface area contributed by atoms with Crippen LogP contribution in [-0.4, -0.2) is 104 Å². The molecular formula is C30H39N5O7S. The van der Waals surface area contributed by atoms with E-state index < -0.39 is 34.9 Å². The highest BCUT2D eigenvalue weighted by atomic mass is 32.1. The first-order chi connectivity index (χ1) is 20.2. The molecule has 5 rings (SSSR count). The number of likely N-dealkylation sites (tertiary alicyclic amines) is 1. The Morgan fingerprint density at radius 3 is 2.44 bits per heavy atom. The van der Waals surface area contributed by atoms with Gasteiger partial charge in [0.1, 0.15) is 16.2 Å². The fourth-order valence-electron chi connectivity index (χ4n) is 6.30. The monoisotopic (exact) mass is 613 g/mol. The van der Waals surface area contributed by atoms with Crippen molar-refractivity contribution in [3.05, 3.63) is 36.0 Å². The smallest absolute Gasteiger partial charge is 0.412 e. The van der Waals surface area contributed by atoms with Crippen LogP contribution < -0.4 is 5.32 Å². The Labute approximate surface area is 254 Å². The zero-order valence-electron chi connectivity index (χ0n) is 25.2. The Bertz CT molecular complexity index is 1400. The van der Waals surface area contributed by atoms with Gasteiger partial charge in [-0.3, -0.25) is 24.9 Å². The second-order valence-electron chi connectivity index (χ2n) is 13.0. The van der Waals surface area contributed by atoms with Crippen LogP contribution >= 0.6 is 11.3 Å². The van der Waals surface area contributed by atoms with Crippen molar-refractivity contribution in [3.8, 4) is 10.6 Å². The lowest BCUT2D eigenvalue weighted by atomic mass is 9.85. The van der Waals surface area contributed by atoms with Crippen LogP contribution in [0.1, 0.15) is 64.2 Å². The fourth-order valence-corrected chi connectivity index (χ4v) is 7.31. The lowest BCUT2D eigenvalue weighted by Gasteiger charge is -2.49. The summed E-state index contributed by atoms with van der Waals surface area (Å²) >= 11 is 1.27. The molecule has 0 saturated carbocycles. The fraction of sp³-hybridized carbons (Fsp3) is 0.567. The van der Waals surface area contributed by atoms with Gasteiger partial charge in [0.25, 0.3) is 5.91 Å². The van der Waals surface area contributed by atoms with Crippen LogP contribution in [0, 0.1) is 0 Å². The van der Waals surface area contributed by atoms with Gasteiger partial charge in [0, 0.05) is 51.4 Å². The SMILES string of the molecule is CC(C)(C)OC(=O)Nc1sc(-c2ccccn2)cc1C(=O)N1CCC(N2CCN(C(=O)O)C3(C2)CC(C)(C)OC3=O)CC1. The van der Waals surface area contributed by atoms with E-state index in [1.54, 1.807) is 51.8 Å². The van der Waals surface area contributed by atoms with Gasteiger partial charge in [0.05, 0.1) is 16.1 Å². The van der Waals surface area contributed by atoms with Crippen molar-refractivity contribution < 1.29 is 33.8 Å². The Kier molecular flexibility index (Phi) is 8.16. The van der Waals surface area contributed by atoms with Crippen LogP contribution in [0.3, 0.4) is 0 Å². The number of aromatic nitrogens is 1. The summed E-state index contributed by atoms with van der Waals surface area (Å²) in [5, 5.41) is 13.0. The molecule has 3 aliphatic rings. The number of piperidine rings is 1. The molecular weight excluding hydrogens is 574 g/mol. The van der Waals surface area contributed by atoms with E-state index in [0.717, 1.165) is 4.88 Å². The van der Waals surface area contributed by atoms with Crippen molar-refractivity contribution in [3.63, 3.8) is 0 Å². The molecule has 2 aromatic heterocycles. The maximum atomic E-state index is 13.8. The summed E-state index contributed by atoms with van der Waals surface area (Å²) in [7, 11) is 0. The molecule has 5 heterocycles. The summed E-state index contributed by atoms with van der Waals surface area (Å²) in [6.07, 6.45) is 1.54. The average Bonchev–Trinajstić information content (AvgIpc) is 3.44. The van der Waals surface area contributed by atoms with E-state index in [4.69, 9.17) is 9.47 Å². The molecule has 3 saturated heterocycles. The quantitative estimate of drug-likeness (QED) is 0.476. The maximum absolute atomic E-state index is 13.8. The van der Waals surface area contributed by atoms with Gasteiger partial charge >= 0.3 is 18.2 Å². The molecule has 0 aliphatic carbocycles. The standard InChI is InChI=1S/C30H39N5O7S/c1-28(2,3)42-26(38)32-23-20(16-22(43-23)21-8-6-7-11-31-21)24(36)33-12-9-19(10-13-33)34-14-15-35(27(39)40)30(18-34)17-29(4,5)41-25(30)37/h6-8,11,16,19H,9-10,12-15,17-18H2,1-5H3,(H,32,38)(H,39,40). The number of thiophene rings is 1. The summed E-state index contributed by atoms with van der Waals surface area (Å²) in [5.41, 5.74) is -1.61. The molecule has 1 atom stereocenters. The van der Waals surface area contributed by atoms with Gasteiger partial charge < -0.3 is 19.5 Å². The molecule has 0 aromatic carbocycles. The van der Waals surface area contributed by atoms with Crippen molar-refractivity contribution in [1.29, 1.82) is 0 Å². The Morgan fingerprint density at radius 2 is 1.86 bits per heavy atom. The molecule has 3 aliphatic heterocycles. The first kappa shape index (κ1) is 30.7. The number of cyclic esters (lactones) is 1. The van der Waals surface area contributed by atoms with Crippen LogP contribution in [0.5, 0.6) is 0 Å². The number of rotatable bonds is 4. The van der Waals surface area contributed by atoms with Crippen molar-refractivity contribution in [2.75, 3.05) is 38.0 Å². The normalized spacial score (nSPS) is 22.9. The predicted molar refractivity (Wildman–Crippen MR) is 160 cm³/mol. The van der Waals surface area contributed by atoms with E-state index >= 15 is 0 Å². The third kappa shape index (κ3) is 6.47. The molecule has 1 spiro atoms. The number of hydrogen-bond donors (Lipinski definition) is 2. The summed E-state index contributed by atoms with van der Waals surface area (Å²) in [5.74, 6) is -0.695. The van der Waals surface area contributed by atoms with Crippen molar-refractivity contribution in [1.82, 2.24) is 19.7 Å². The van der Waals surface area contributed by atoms with Gasteiger partial charge in [-0.2, -0.15) is 0 Å². The van der Waals surface area contributed by atoms with E-state index in [0.29, 0.717) is 55.2 Å². The van der Waals surface area contributed by atoms with Crippen LogP contribution in [0.25, 0.3) is 10.6 Å². The number of nitrogens with one attached hydrogen (secondary N) is 1. The third-order valence-corrected chi connectivity index (χ3v) is 9.13. The Balaban J connectivity index is 1.30. The number of amides is 3. The number of esters is 1. The number of pyridine rings is 1. The number of hydrogen-bond acceptors (Lipinski definition) is 9. The maximum Gasteiger partial charge on any atom is 0.412 e. The molecule has 12 nitrogen and oxygen atoms in total. The molecule has 13 heteroatoms. The van der Waals surface area contributed by atoms with Gasteiger partial charge in [-0.05, 0) is 65.7 Å². The largest absolute Gasteiger partial charge is 0.465 e. The topological polar surface area (TPSA) is 142 Å². The van der Waals surface area contributed by atoms with E-state index in [9.17, 15) is 24.3 Å². The Hall–Kier alpha value is -3.71. The summed E-state index contributed by atoms with van der Waals surface area (Å²) in [6.45, 7) is 10.9. The summed E-state index contributed by atoms with van der Waals surface area (Å²) in [6, 6.07) is 7.37. The zero-order chi connectivity index (χ0) is 31.2. The van der Waals surface area contributed by atoms with Crippen LogP contribution in [0.15, 0.2) is 30.5 Å². The van der Waals surface area contributed by atoms with Crippen molar-refractivity contribution >= 4 is 40.4 Å². The number of anilines is 1. The van der Waals surface area contributed by atoms with Gasteiger partial charge in [-0.15, -0.1) is 11.3 Å². The number of ether oxygens (including phenoxy) is 2. The molecule has 2 N–H and O–H groups in total. The second-order valence-corrected chi connectivity index (χ2v) is 14.0. The minimum atomic E-state index is -1.23. The van der Waals surface area contributed by atoms with E-state index in [1.165, 1.54) is 16.2 Å². The molecule has 2 aromatic rings. The molecule has 0 bridgehead atoms. The Morgan fingerprint density at radius 1 is 1.14 bits per heavy atom. The number of nitrogens with zero attached hydrogens (tertiary/aromatic N) is 4. The summed E-state index contributed by atoms with van der Waals surface area (Å²) < 4.78 is 11.0. The van der Waals surface area contributed by atoms with Crippen molar-refractivity contribution in [2.45, 2.75) is 76.7 Å². The molecule has 3 amide bonds. The first-order valence-corrected chi connectivity index (χ1v) is 15.3. The molecule has 43 heavy (non-hydrogen) atoms. The number of carbonyl (C=O) groups excluding carboxylic acids is 3. The first-order valence-electron chi connectivity index (χ1n) is 14.5. The molecule has 3 fully saturated rings. The average molecular weight is 614 g/mol. The second kappa shape index (κ2) is 11.4. The lowest BCUT2D eigenvalue weighted by Crippen LogP contribution is -2.68. The zero-order valence-corrected chi connectivity index (χ0v) is 26.0. The number of piperazine rings is 1. The lowest BCUT2D eigenvalue weighted by molar-refractivity contribution is -0.156. The minimum Gasteiger partial charge on any atom is -0.465 e.